The normalized spacial score (nSPS) is 26.7. The molecular weight excluding hydrogens is 326 g/mol. The Morgan fingerprint density at radius 2 is 1.86 bits per heavy atom. The number of benzene rings is 2. The molecule has 2 aliphatic carbocycles. The molecule has 0 radical (unpaired) electrons. The highest BCUT2D eigenvalue weighted by molar-refractivity contribution is 9.10. The fraction of sp³-hybridized carbons (Fsp3) is 0.333. The van der Waals surface area contributed by atoms with Crippen molar-refractivity contribution >= 4 is 15.9 Å². The molecule has 0 saturated carbocycles. The minimum atomic E-state index is -0.321. The van der Waals surface area contributed by atoms with E-state index in [9.17, 15) is 5.11 Å². The molecule has 0 fully saturated rings. The Balaban J connectivity index is 1.63. The van der Waals surface area contributed by atoms with E-state index in [1.165, 1.54) is 26.7 Å². The third-order valence-corrected chi connectivity index (χ3v) is 5.54. The summed E-state index contributed by atoms with van der Waals surface area (Å²) in [5.74, 6) is 0. The number of fused-ring (bicyclic) bond motifs is 2. The monoisotopic (exact) mass is 343 g/mol. The second-order valence-corrected chi connectivity index (χ2v) is 6.87. The predicted octanol–water partition coefficient (Wildman–Crippen LogP) is 3.68. The number of hydrogen-bond donors (Lipinski definition) is 2. The van der Waals surface area contributed by atoms with Crippen molar-refractivity contribution in [1.82, 2.24) is 5.32 Å². The van der Waals surface area contributed by atoms with Crippen molar-refractivity contribution in [3.05, 3.63) is 69.2 Å². The van der Waals surface area contributed by atoms with Gasteiger partial charge in [-0.25, -0.2) is 0 Å². The van der Waals surface area contributed by atoms with E-state index in [4.69, 9.17) is 0 Å². The van der Waals surface area contributed by atoms with Gasteiger partial charge in [-0.1, -0.05) is 52.3 Å². The van der Waals surface area contributed by atoms with Crippen LogP contribution in [0.1, 0.15) is 40.8 Å². The molecule has 2 aromatic rings. The summed E-state index contributed by atoms with van der Waals surface area (Å²) in [5.41, 5.74) is 5.32. The van der Waals surface area contributed by atoms with Gasteiger partial charge in [-0.3, -0.25) is 0 Å². The average molecular weight is 344 g/mol. The smallest absolute Gasteiger partial charge is 0.0775 e. The average Bonchev–Trinajstić information content (AvgIpc) is 3.03. The molecule has 3 heteroatoms. The van der Waals surface area contributed by atoms with Gasteiger partial charge in [-0.15, -0.1) is 0 Å². The lowest BCUT2D eigenvalue weighted by Gasteiger charge is -2.23. The summed E-state index contributed by atoms with van der Waals surface area (Å²) in [6.07, 6.45) is 2.63. The van der Waals surface area contributed by atoms with Gasteiger partial charge in [0.1, 0.15) is 0 Å². The number of nitrogens with one attached hydrogen (secondary N) is 1. The highest BCUT2D eigenvalue weighted by Gasteiger charge is 2.34. The van der Waals surface area contributed by atoms with Crippen LogP contribution in [0.5, 0.6) is 0 Å². The van der Waals surface area contributed by atoms with Crippen LogP contribution in [-0.4, -0.2) is 11.2 Å². The molecule has 21 heavy (non-hydrogen) atoms. The van der Waals surface area contributed by atoms with Crippen LogP contribution >= 0.6 is 15.9 Å². The van der Waals surface area contributed by atoms with Crippen LogP contribution in [0.15, 0.2) is 46.9 Å². The fourth-order valence-corrected chi connectivity index (χ4v) is 4.35. The van der Waals surface area contributed by atoms with Crippen molar-refractivity contribution in [2.45, 2.75) is 37.5 Å². The molecule has 108 valence electrons. The lowest BCUT2D eigenvalue weighted by molar-refractivity contribution is 0.134. The molecule has 2 aliphatic rings. The van der Waals surface area contributed by atoms with E-state index in [0.29, 0.717) is 6.04 Å². The summed E-state index contributed by atoms with van der Waals surface area (Å²) in [7, 11) is 0. The number of halogens is 1. The van der Waals surface area contributed by atoms with Gasteiger partial charge < -0.3 is 10.4 Å². The molecule has 3 unspecified atom stereocenters. The van der Waals surface area contributed by atoms with Crippen LogP contribution in [0.25, 0.3) is 0 Å². The Morgan fingerprint density at radius 3 is 2.76 bits per heavy atom. The summed E-state index contributed by atoms with van der Waals surface area (Å²) >= 11 is 3.65. The molecule has 2 N–H and O–H groups in total. The standard InChI is InChI=1S/C18H18BrNO/c19-15-7-3-6-14-13(15)8-9-16(14)20-18-12-5-2-1-4-11(12)10-17(18)21/h1-7,16-18,20-21H,8-10H2. The second kappa shape index (κ2) is 5.24. The number of rotatable bonds is 2. The molecule has 4 rings (SSSR count). The molecular formula is C18H18BrNO. The van der Waals surface area contributed by atoms with E-state index >= 15 is 0 Å². The Hall–Kier alpha value is -1.16. The Bertz CT molecular complexity index is 685. The molecule has 0 saturated heterocycles. The van der Waals surface area contributed by atoms with E-state index < -0.39 is 0 Å². The van der Waals surface area contributed by atoms with Crippen LogP contribution in [-0.2, 0) is 12.8 Å². The maximum absolute atomic E-state index is 10.4. The minimum Gasteiger partial charge on any atom is -0.391 e. The first-order valence-corrected chi connectivity index (χ1v) is 8.32. The fourth-order valence-electron chi connectivity index (χ4n) is 3.77. The summed E-state index contributed by atoms with van der Waals surface area (Å²) in [4.78, 5) is 0. The summed E-state index contributed by atoms with van der Waals surface area (Å²) < 4.78 is 1.21. The van der Waals surface area contributed by atoms with Crippen molar-refractivity contribution in [1.29, 1.82) is 0 Å². The van der Waals surface area contributed by atoms with Gasteiger partial charge in [-0.05, 0) is 41.2 Å². The first kappa shape index (κ1) is 13.5. The highest BCUT2D eigenvalue weighted by Crippen LogP contribution is 2.39. The molecule has 0 bridgehead atoms. The minimum absolute atomic E-state index is 0.0520. The zero-order chi connectivity index (χ0) is 14.4. The number of aliphatic hydroxyl groups excluding tert-OH is 1. The molecule has 2 aromatic carbocycles. The Labute approximate surface area is 133 Å². The van der Waals surface area contributed by atoms with Gasteiger partial charge in [0.15, 0.2) is 0 Å². The lowest BCUT2D eigenvalue weighted by Crippen LogP contribution is -2.31. The zero-order valence-corrected chi connectivity index (χ0v) is 13.3. The molecule has 0 amide bonds. The molecule has 0 aliphatic heterocycles. The highest BCUT2D eigenvalue weighted by atomic mass is 79.9. The third kappa shape index (κ3) is 2.24. The Morgan fingerprint density at radius 1 is 1.05 bits per heavy atom. The maximum atomic E-state index is 10.4. The Kier molecular flexibility index (Phi) is 3.37. The quantitative estimate of drug-likeness (QED) is 0.871. The largest absolute Gasteiger partial charge is 0.391 e. The third-order valence-electron chi connectivity index (χ3n) is 4.80. The first-order valence-electron chi connectivity index (χ1n) is 7.53. The van der Waals surface area contributed by atoms with Crippen molar-refractivity contribution in [3.63, 3.8) is 0 Å². The second-order valence-electron chi connectivity index (χ2n) is 6.01. The molecule has 0 aromatic heterocycles. The van der Waals surface area contributed by atoms with Crippen LogP contribution < -0.4 is 5.32 Å². The van der Waals surface area contributed by atoms with E-state index in [1.54, 1.807) is 0 Å². The van der Waals surface area contributed by atoms with Gasteiger partial charge >= 0.3 is 0 Å². The molecule has 0 spiro atoms. The van der Waals surface area contributed by atoms with E-state index in [2.05, 4.69) is 63.7 Å². The van der Waals surface area contributed by atoms with Crippen LogP contribution in [0, 0.1) is 0 Å². The van der Waals surface area contributed by atoms with E-state index in [-0.39, 0.29) is 12.1 Å². The zero-order valence-electron chi connectivity index (χ0n) is 11.7. The SMILES string of the molecule is OC1Cc2ccccc2C1NC1CCc2c(Br)cccc21. The van der Waals surface area contributed by atoms with Gasteiger partial charge in [0.25, 0.3) is 0 Å². The topological polar surface area (TPSA) is 32.3 Å². The van der Waals surface area contributed by atoms with Crippen molar-refractivity contribution in [2.75, 3.05) is 0 Å². The molecule has 2 nitrogen and oxygen atoms in total. The van der Waals surface area contributed by atoms with Crippen molar-refractivity contribution in [3.8, 4) is 0 Å². The van der Waals surface area contributed by atoms with Gasteiger partial charge in [0.05, 0.1) is 12.1 Å². The summed E-state index contributed by atoms with van der Waals surface area (Å²) in [6.45, 7) is 0. The van der Waals surface area contributed by atoms with Gasteiger partial charge in [0, 0.05) is 16.9 Å². The van der Waals surface area contributed by atoms with E-state index in [1.807, 2.05) is 0 Å². The van der Waals surface area contributed by atoms with Crippen molar-refractivity contribution in [2.24, 2.45) is 0 Å². The summed E-state index contributed by atoms with van der Waals surface area (Å²) in [5, 5.41) is 14.1. The van der Waals surface area contributed by atoms with Crippen LogP contribution in [0.2, 0.25) is 0 Å². The van der Waals surface area contributed by atoms with Crippen LogP contribution in [0.3, 0.4) is 0 Å². The van der Waals surface area contributed by atoms with Crippen LogP contribution in [0.4, 0.5) is 0 Å². The van der Waals surface area contributed by atoms with Gasteiger partial charge in [-0.2, -0.15) is 0 Å². The molecule has 3 atom stereocenters. The lowest BCUT2D eigenvalue weighted by atomic mass is 10.0. The number of aliphatic hydroxyl groups is 1. The molecule has 0 heterocycles. The van der Waals surface area contributed by atoms with E-state index in [0.717, 1.165) is 19.3 Å². The summed E-state index contributed by atoms with van der Waals surface area (Å²) in [6, 6.07) is 15.2. The van der Waals surface area contributed by atoms with Gasteiger partial charge in [0.2, 0.25) is 0 Å². The predicted molar refractivity (Wildman–Crippen MR) is 87.2 cm³/mol. The van der Waals surface area contributed by atoms with Crippen molar-refractivity contribution < 1.29 is 5.11 Å². The first-order chi connectivity index (χ1) is 10.2. The maximum Gasteiger partial charge on any atom is 0.0775 e. The number of hydrogen-bond acceptors (Lipinski definition) is 2.